The highest BCUT2D eigenvalue weighted by Crippen LogP contribution is 2.14. The maximum absolute atomic E-state index is 10.4. The van der Waals surface area contributed by atoms with Gasteiger partial charge in [0, 0.05) is 25.7 Å². The van der Waals surface area contributed by atoms with Crippen molar-refractivity contribution >= 4 is 11.7 Å². The number of likely N-dealkylation sites (N-methyl/N-ethyl adjacent to an activating group) is 1. The molecular formula is C12H17NO3. The Morgan fingerprint density at radius 3 is 2.44 bits per heavy atom. The van der Waals surface area contributed by atoms with Crippen LogP contribution in [-0.4, -0.2) is 36.4 Å². The number of hydrogen-bond acceptors (Lipinski definition) is 3. The van der Waals surface area contributed by atoms with E-state index in [-0.39, 0.29) is 13.0 Å². The van der Waals surface area contributed by atoms with E-state index in [0.29, 0.717) is 13.0 Å². The molecule has 4 nitrogen and oxygen atoms in total. The van der Waals surface area contributed by atoms with Gasteiger partial charge in [0.2, 0.25) is 0 Å². The van der Waals surface area contributed by atoms with Crippen LogP contribution in [-0.2, 0) is 11.2 Å². The van der Waals surface area contributed by atoms with Gasteiger partial charge < -0.3 is 15.1 Å². The third-order valence-corrected chi connectivity index (χ3v) is 2.44. The Bertz CT molecular complexity index is 335. The van der Waals surface area contributed by atoms with Gasteiger partial charge in [-0.3, -0.25) is 4.79 Å². The van der Waals surface area contributed by atoms with E-state index in [2.05, 4.69) is 0 Å². The van der Waals surface area contributed by atoms with Crippen molar-refractivity contribution in [1.29, 1.82) is 0 Å². The minimum atomic E-state index is -0.776. The van der Waals surface area contributed by atoms with Crippen LogP contribution in [0.1, 0.15) is 12.0 Å². The summed E-state index contributed by atoms with van der Waals surface area (Å²) in [5.74, 6) is -0.776. The van der Waals surface area contributed by atoms with E-state index in [1.165, 1.54) is 0 Å². The summed E-state index contributed by atoms with van der Waals surface area (Å²) in [5.41, 5.74) is 2.04. The van der Waals surface area contributed by atoms with E-state index < -0.39 is 5.97 Å². The first-order valence-electron chi connectivity index (χ1n) is 5.26. The topological polar surface area (TPSA) is 60.8 Å². The van der Waals surface area contributed by atoms with Gasteiger partial charge in [0.25, 0.3) is 0 Å². The standard InChI is InChI=1S/C12H17NO3/c1-13(8-9-14)11-5-2-10(3-6-11)4-7-12(15)16/h2-3,5-6,14H,4,7-9H2,1H3,(H,15,16). The van der Waals surface area contributed by atoms with Gasteiger partial charge in [0.1, 0.15) is 0 Å². The molecule has 0 spiro atoms. The van der Waals surface area contributed by atoms with Gasteiger partial charge >= 0.3 is 5.97 Å². The van der Waals surface area contributed by atoms with Gasteiger partial charge in [0.05, 0.1) is 6.61 Å². The number of carbonyl (C=O) groups is 1. The van der Waals surface area contributed by atoms with Crippen molar-refractivity contribution in [2.24, 2.45) is 0 Å². The third-order valence-electron chi connectivity index (χ3n) is 2.44. The molecule has 88 valence electrons. The molecule has 0 saturated carbocycles. The molecule has 0 fully saturated rings. The molecule has 0 aliphatic heterocycles. The van der Waals surface area contributed by atoms with E-state index in [0.717, 1.165) is 11.3 Å². The van der Waals surface area contributed by atoms with Crippen LogP contribution in [0, 0.1) is 0 Å². The van der Waals surface area contributed by atoms with E-state index in [1.807, 2.05) is 36.2 Å². The highest BCUT2D eigenvalue weighted by Gasteiger charge is 2.01. The summed E-state index contributed by atoms with van der Waals surface area (Å²) < 4.78 is 0. The van der Waals surface area contributed by atoms with Crippen molar-refractivity contribution in [1.82, 2.24) is 0 Å². The second-order valence-corrected chi connectivity index (χ2v) is 3.71. The van der Waals surface area contributed by atoms with Crippen LogP contribution in [0.2, 0.25) is 0 Å². The number of anilines is 1. The van der Waals surface area contributed by atoms with Crippen LogP contribution in [0.3, 0.4) is 0 Å². The minimum Gasteiger partial charge on any atom is -0.481 e. The number of aliphatic hydroxyl groups excluding tert-OH is 1. The minimum absolute atomic E-state index is 0.122. The summed E-state index contributed by atoms with van der Waals surface area (Å²) in [6.45, 7) is 0.714. The third kappa shape index (κ3) is 3.90. The largest absolute Gasteiger partial charge is 0.481 e. The lowest BCUT2D eigenvalue weighted by molar-refractivity contribution is -0.136. The predicted octanol–water partition coefficient (Wildman–Crippen LogP) is 1.13. The Morgan fingerprint density at radius 2 is 1.94 bits per heavy atom. The molecule has 4 heteroatoms. The van der Waals surface area contributed by atoms with Crippen LogP contribution in [0.4, 0.5) is 5.69 Å². The second-order valence-electron chi connectivity index (χ2n) is 3.71. The van der Waals surface area contributed by atoms with Gasteiger partial charge in [-0.25, -0.2) is 0 Å². The monoisotopic (exact) mass is 223 g/mol. The van der Waals surface area contributed by atoms with Crippen molar-refractivity contribution in [3.63, 3.8) is 0 Å². The molecule has 0 saturated heterocycles. The summed E-state index contributed by atoms with van der Waals surface area (Å²) >= 11 is 0. The molecule has 16 heavy (non-hydrogen) atoms. The Morgan fingerprint density at radius 1 is 1.31 bits per heavy atom. The predicted molar refractivity (Wildman–Crippen MR) is 62.8 cm³/mol. The maximum Gasteiger partial charge on any atom is 0.303 e. The average Bonchev–Trinajstić information content (AvgIpc) is 2.27. The molecule has 1 rings (SSSR count). The SMILES string of the molecule is CN(CCO)c1ccc(CCC(=O)O)cc1. The molecule has 0 unspecified atom stereocenters. The fourth-order valence-electron chi connectivity index (χ4n) is 1.45. The molecule has 1 aromatic rings. The number of hydrogen-bond donors (Lipinski definition) is 2. The van der Waals surface area contributed by atoms with E-state index in [9.17, 15) is 4.79 Å². The Balaban J connectivity index is 2.57. The number of aliphatic carboxylic acids is 1. The molecular weight excluding hydrogens is 206 g/mol. The first kappa shape index (κ1) is 12.5. The smallest absolute Gasteiger partial charge is 0.303 e. The van der Waals surface area contributed by atoms with Crippen LogP contribution in [0.5, 0.6) is 0 Å². The van der Waals surface area contributed by atoms with Crippen molar-refractivity contribution in [2.75, 3.05) is 25.1 Å². The molecule has 0 atom stereocenters. The lowest BCUT2D eigenvalue weighted by Gasteiger charge is -2.17. The quantitative estimate of drug-likeness (QED) is 0.759. The fourth-order valence-corrected chi connectivity index (χ4v) is 1.45. The zero-order valence-corrected chi connectivity index (χ0v) is 9.39. The van der Waals surface area contributed by atoms with E-state index >= 15 is 0 Å². The van der Waals surface area contributed by atoms with Gasteiger partial charge in [-0.2, -0.15) is 0 Å². The molecule has 0 bridgehead atoms. The highest BCUT2D eigenvalue weighted by molar-refractivity contribution is 5.67. The summed E-state index contributed by atoms with van der Waals surface area (Å²) in [4.78, 5) is 12.3. The molecule has 2 N–H and O–H groups in total. The normalized spacial score (nSPS) is 10.1. The number of nitrogens with zero attached hydrogens (tertiary/aromatic N) is 1. The van der Waals surface area contributed by atoms with Crippen molar-refractivity contribution in [2.45, 2.75) is 12.8 Å². The molecule has 0 radical (unpaired) electrons. The van der Waals surface area contributed by atoms with Crippen molar-refractivity contribution in [3.8, 4) is 0 Å². The summed E-state index contributed by atoms with van der Waals surface area (Å²) in [5, 5.41) is 17.3. The summed E-state index contributed by atoms with van der Waals surface area (Å²) in [6, 6.07) is 7.72. The summed E-state index contributed by atoms with van der Waals surface area (Å²) in [7, 11) is 1.91. The van der Waals surface area contributed by atoms with Gasteiger partial charge in [-0.15, -0.1) is 0 Å². The molecule has 0 heterocycles. The Kier molecular flexibility index (Phi) is 4.79. The maximum atomic E-state index is 10.4. The fraction of sp³-hybridized carbons (Fsp3) is 0.417. The number of aryl methyl sites for hydroxylation is 1. The number of rotatable bonds is 6. The number of carboxylic acid groups (broad SMARTS) is 1. The van der Waals surface area contributed by atoms with Gasteiger partial charge in [-0.05, 0) is 24.1 Å². The number of aliphatic hydroxyl groups is 1. The molecule has 0 aliphatic rings. The van der Waals surface area contributed by atoms with E-state index in [4.69, 9.17) is 10.2 Å². The van der Waals surface area contributed by atoms with Crippen LogP contribution >= 0.6 is 0 Å². The van der Waals surface area contributed by atoms with Crippen LogP contribution < -0.4 is 4.90 Å². The number of benzene rings is 1. The van der Waals surface area contributed by atoms with Crippen LogP contribution in [0.15, 0.2) is 24.3 Å². The lowest BCUT2D eigenvalue weighted by Crippen LogP contribution is -2.20. The molecule has 1 aromatic carbocycles. The lowest BCUT2D eigenvalue weighted by atomic mass is 10.1. The van der Waals surface area contributed by atoms with Gasteiger partial charge in [-0.1, -0.05) is 12.1 Å². The zero-order valence-electron chi connectivity index (χ0n) is 9.39. The summed E-state index contributed by atoms with van der Waals surface area (Å²) in [6.07, 6.45) is 0.713. The second kappa shape index (κ2) is 6.12. The molecule has 0 amide bonds. The zero-order chi connectivity index (χ0) is 12.0. The average molecular weight is 223 g/mol. The van der Waals surface area contributed by atoms with Gasteiger partial charge in [0.15, 0.2) is 0 Å². The highest BCUT2D eigenvalue weighted by atomic mass is 16.4. The van der Waals surface area contributed by atoms with Crippen molar-refractivity contribution < 1.29 is 15.0 Å². The Labute approximate surface area is 95.1 Å². The molecule has 0 aromatic heterocycles. The number of carboxylic acids is 1. The van der Waals surface area contributed by atoms with Crippen LogP contribution in [0.25, 0.3) is 0 Å². The molecule has 0 aliphatic carbocycles. The van der Waals surface area contributed by atoms with Crippen molar-refractivity contribution in [3.05, 3.63) is 29.8 Å². The Hall–Kier alpha value is -1.55. The first-order valence-corrected chi connectivity index (χ1v) is 5.26. The van der Waals surface area contributed by atoms with E-state index in [1.54, 1.807) is 0 Å². The first-order chi connectivity index (χ1) is 7.63.